The predicted octanol–water partition coefficient (Wildman–Crippen LogP) is 4.55. The number of carbonyl (C=O) groups excluding carboxylic acids is 1. The average molecular weight is 486 g/mol. The standard InChI is InChI=1S/C20H22BrClN2O3S/c1-23(14-15-5-8-17(21)9-6-15)20(25)16-7-10-18(22)19(13-16)28(26,27)24-11-3-2-4-12-24/h5-10,13H,2-4,11-12,14H2,1H3. The Bertz CT molecular complexity index is 958. The number of carbonyl (C=O) groups is 1. The summed E-state index contributed by atoms with van der Waals surface area (Å²) in [5, 5.41) is 0.137. The minimum Gasteiger partial charge on any atom is -0.337 e. The predicted molar refractivity (Wildman–Crippen MR) is 114 cm³/mol. The Morgan fingerprint density at radius 1 is 1.11 bits per heavy atom. The van der Waals surface area contributed by atoms with E-state index in [1.807, 2.05) is 24.3 Å². The van der Waals surface area contributed by atoms with Crippen molar-refractivity contribution in [3.8, 4) is 0 Å². The molecule has 1 aliphatic heterocycles. The maximum absolute atomic E-state index is 13.0. The Morgan fingerprint density at radius 3 is 2.39 bits per heavy atom. The molecule has 0 saturated carbocycles. The van der Waals surface area contributed by atoms with Gasteiger partial charge in [-0.1, -0.05) is 46.1 Å². The van der Waals surface area contributed by atoms with E-state index in [0.29, 0.717) is 25.2 Å². The molecule has 0 atom stereocenters. The van der Waals surface area contributed by atoms with Crippen LogP contribution in [0, 0.1) is 0 Å². The van der Waals surface area contributed by atoms with Gasteiger partial charge in [0.05, 0.1) is 5.02 Å². The van der Waals surface area contributed by atoms with E-state index < -0.39 is 10.0 Å². The Labute approximate surface area is 179 Å². The van der Waals surface area contributed by atoms with Crippen LogP contribution in [0.25, 0.3) is 0 Å². The number of hydrogen-bond acceptors (Lipinski definition) is 3. The molecule has 1 amide bonds. The third-order valence-corrected chi connectivity index (χ3v) is 7.70. The number of benzene rings is 2. The Morgan fingerprint density at radius 2 is 1.75 bits per heavy atom. The van der Waals surface area contributed by atoms with Gasteiger partial charge in [0.25, 0.3) is 5.91 Å². The molecular weight excluding hydrogens is 464 g/mol. The maximum atomic E-state index is 13.0. The molecule has 0 spiro atoms. The molecule has 8 heteroatoms. The molecule has 0 N–H and O–H groups in total. The van der Waals surface area contributed by atoms with Crippen LogP contribution in [0.5, 0.6) is 0 Å². The first-order valence-electron chi connectivity index (χ1n) is 9.08. The van der Waals surface area contributed by atoms with Gasteiger partial charge < -0.3 is 4.90 Å². The molecule has 2 aromatic rings. The highest BCUT2D eigenvalue weighted by atomic mass is 79.9. The molecule has 1 fully saturated rings. The second-order valence-corrected chi connectivity index (χ2v) is 10.1. The Hall–Kier alpha value is -1.41. The first-order valence-corrected chi connectivity index (χ1v) is 11.7. The lowest BCUT2D eigenvalue weighted by Crippen LogP contribution is -2.36. The zero-order valence-corrected chi connectivity index (χ0v) is 18.7. The van der Waals surface area contributed by atoms with Gasteiger partial charge in [0.2, 0.25) is 10.0 Å². The third-order valence-electron chi connectivity index (χ3n) is 4.79. The molecule has 150 valence electrons. The highest BCUT2D eigenvalue weighted by Gasteiger charge is 2.29. The van der Waals surface area contributed by atoms with Gasteiger partial charge in [-0.15, -0.1) is 0 Å². The molecule has 28 heavy (non-hydrogen) atoms. The molecule has 0 unspecified atom stereocenters. The quantitative estimate of drug-likeness (QED) is 0.624. The smallest absolute Gasteiger partial charge is 0.253 e. The van der Waals surface area contributed by atoms with Crippen molar-refractivity contribution in [3.05, 3.63) is 63.1 Å². The van der Waals surface area contributed by atoms with Crippen molar-refractivity contribution >= 4 is 43.5 Å². The van der Waals surface area contributed by atoms with E-state index in [1.54, 1.807) is 18.0 Å². The van der Waals surface area contributed by atoms with Gasteiger partial charge in [0, 0.05) is 36.7 Å². The van der Waals surface area contributed by atoms with Crippen LogP contribution in [-0.4, -0.2) is 43.7 Å². The summed E-state index contributed by atoms with van der Waals surface area (Å²) < 4.78 is 28.4. The topological polar surface area (TPSA) is 57.7 Å². The summed E-state index contributed by atoms with van der Waals surface area (Å²) >= 11 is 9.58. The lowest BCUT2D eigenvalue weighted by atomic mass is 10.1. The van der Waals surface area contributed by atoms with Gasteiger partial charge in [-0.05, 0) is 48.7 Å². The van der Waals surface area contributed by atoms with Crippen molar-refractivity contribution in [2.24, 2.45) is 0 Å². The van der Waals surface area contributed by atoms with Gasteiger partial charge in [-0.3, -0.25) is 4.79 Å². The first-order chi connectivity index (χ1) is 13.3. The highest BCUT2D eigenvalue weighted by molar-refractivity contribution is 9.10. The highest BCUT2D eigenvalue weighted by Crippen LogP contribution is 2.28. The normalized spacial score (nSPS) is 15.4. The van der Waals surface area contributed by atoms with Crippen molar-refractivity contribution in [3.63, 3.8) is 0 Å². The van der Waals surface area contributed by atoms with Crippen LogP contribution in [0.15, 0.2) is 51.8 Å². The summed E-state index contributed by atoms with van der Waals surface area (Å²) in [5.74, 6) is -0.255. The minimum absolute atomic E-state index is 0.000964. The second kappa shape index (κ2) is 8.95. The van der Waals surface area contributed by atoms with Gasteiger partial charge in [0.15, 0.2) is 0 Å². The largest absolute Gasteiger partial charge is 0.337 e. The maximum Gasteiger partial charge on any atom is 0.253 e. The zero-order chi connectivity index (χ0) is 20.3. The van der Waals surface area contributed by atoms with E-state index in [-0.39, 0.29) is 15.8 Å². The SMILES string of the molecule is CN(Cc1ccc(Br)cc1)C(=O)c1ccc(Cl)c(S(=O)(=O)N2CCCCC2)c1. The third kappa shape index (κ3) is 4.76. The van der Waals surface area contributed by atoms with Crippen molar-refractivity contribution in [1.29, 1.82) is 0 Å². The van der Waals surface area contributed by atoms with Crippen LogP contribution in [0.4, 0.5) is 0 Å². The Balaban J connectivity index is 1.83. The van der Waals surface area contributed by atoms with Crippen LogP contribution in [0.3, 0.4) is 0 Å². The van der Waals surface area contributed by atoms with E-state index in [0.717, 1.165) is 29.3 Å². The first kappa shape index (κ1) is 21.3. The summed E-state index contributed by atoms with van der Waals surface area (Å²) in [6.07, 6.45) is 2.70. The van der Waals surface area contributed by atoms with E-state index in [9.17, 15) is 13.2 Å². The summed E-state index contributed by atoms with van der Waals surface area (Å²) in [6.45, 7) is 1.39. The molecule has 1 heterocycles. The van der Waals surface area contributed by atoms with Crippen LogP contribution in [0.1, 0.15) is 35.2 Å². The minimum atomic E-state index is -3.71. The zero-order valence-electron chi connectivity index (χ0n) is 15.6. The number of amides is 1. The number of piperidine rings is 1. The molecule has 5 nitrogen and oxygen atoms in total. The van der Waals surface area contributed by atoms with Gasteiger partial charge in [-0.2, -0.15) is 4.31 Å². The van der Waals surface area contributed by atoms with Crippen LogP contribution < -0.4 is 0 Å². The van der Waals surface area contributed by atoms with Crippen molar-refractivity contribution in [1.82, 2.24) is 9.21 Å². The Kier molecular flexibility index (Phi) is 6.81. The van der Waals surface area contributed by atoms with Crippen molar-refractivity contribution < 1.29 is 13.2 Å². The molecule has 0 radical (unpaired) electrons. The summed E-state index contributed by atoms with van der Waals surface area (Å²) in [5.41, 5.74) is 1.29. The lowest BCUT2D eigenvalue weighted by molar-refractivity contribution is 0.0785. The molecule has 3 rings (SSSR count). The van der Waals surface area contributed by atoms with E-state index in [1.165, 1.54) is 16.4 Å². The number of rotatable bonds is 5. The van der Waals surface area contributed by atoms with Gasteiger partial charge >= 0.3 is 0 Å². The molecule has 1 aliphatic rings. The van der Waals surface area contributed by atoms with Gasteiger partial charge in [0.1, 0.15) is 4.90 Å². The molecule has 1 saturated heterocycles. The monoisotopic (exact) mass is 484 g/mol. The van der Waals surface area contributed by atoms with E-state index >= 15 is 0 Å². The van der Waals surface area contributed by atoms with Crippen LogP contribution in [-0.2, 0) is 16.6 Å². The van der Waals surface area contributed by atoms with Gasteiger partial charge in [-0.25, -0.2) is 8.42 Å². The number of hydrogen-bond donors (Lipinski definition) is 0. The fourth-order valence-corrected chi connectivity index (χ4v) is 5.52. The van der Waals surface area contributed by atoms with Crippen LogP contribution >= 0.6 is 27.5 Å². The number of halogens is 2. The summed E-state index contributed by atoms with van der Waals surface area (Å²) in [4.78, 5) is 14.4. The average Bonchev–Trinajstić information content (AvgIpc) is 2.70. The molecule has 0 bridgehead atoms. The van der Waals surface area contributed by atoms with E-state index in [4.69, 9.17) is 11.6 Å². The molecule has 0 aliphatic carbocycles. The van der Waals surface area contributed by atoms with E-state index in [2.05, 4.69) is 15.9 Å². The number of nitrogens with zero attached hydrogens (tertiary/aromatic N) is 2. The van der Waals surface area contributed by atoms with Crippen LogP contribution in [0.2, 0.25) is 5.02 Å². The molecule has 2 aromatic carbocycles. The fraction of sp³-hybridized carbons (Fsp3) is 0.350. The summed E-state index contributed by atoms with van der Waals surface area (Å²) in [6, 6.07) is 12.1. The summed E-state index contributed by atoms with van der Waals surface area (Å²) in [7, 11) is -2.02. The lowest BCUT2D eigenvalue weighted by Gasteiger charge is -2.26. The van der Waals surface area contributed by atoms with Crippen molar-refractivity contribution in [2.75, 3.05) is 20.1 Å². The molecule has 0 aromatic heterocycles. The fourth-order valence-electron chi connectivity index (χ4n) is 3.23. The molecular formula is C20H22BrClN2O3S. The van der Waals surface area contributed by atoms with Crippen molar-refractivity contribution in [2.45, 2.75) is 30.7 Å². The second-order valence-electron chi connectivity index (χ2n) is 6.90. The number of sulfonamides is 1.